The maximum atomic E-state index is 5.90. The molecule has 0 saturated carbocycles. The summed E-state index contributed by atoms with van der Waals surface area (Å²) in [4.78, 5) is 7.45. The number of thiocarbonyl (C=S) groups is 1. The van der Waals surface area contributed by atoms with Crippen molar-refractivity contribution < 1.29 is 4.74 Å². The van der Waals surface area contributed by atoms with Gasteiger partial charge in [0.25, 0.3) is 0 Å². The van der Waals surface area contributed by atoms with Crippen LogP contribution in [0, 0.1) is 0 Å². The quantitative estimate of drug-likeness (QED) is 0.864. The van der Waals surface area contributed by atoms with Gasteiger partial charge in [0, 0.05) is 17.5 Å². The maximum absolute atomic E-state index is 5.90. The molecule has 2 N–H and O–H groups in total. The molecule has 110 valence electrons. The molecular weight excluding hydrogens is 282 g/mol. The highest BCUT2D eigenvalue weighted by molar-refractivity contribution is 7.80. The van der Waals surface area contributed by atoms with E-state index in [0.717, 1.165) is 28.8 Å². The predicted octanol–water partition coefficient (Wildman–Crippen LogP) is 2.48. The minimum absolute atomic E-state index is 0.197. The highest BCUT2D eigenvalue weighted by Gasteiger charge is 2.25. The van der Waals surface area contributed by atoms with Crippen molar-refractivity contribution in [2.75, 3.05) is 18.1 Å². The van der Waals surface area contributed by atoms with Crippen molar-refractivity contribution in [3.05, 3.63) is 35.9 Å². The predicted molar refractivity (Wildman–Crippen MR) is 89.9 cm³/mol. The molecule has 2 aromatic rings. The largest absolute Gasteiger partial charge is 0.389 e. The number of nitrogens with zero attached hydrogens (tertiary/aromatic N) is 2. The van der Waals surface area contributed by atoms with E-state index in [-0.39, 0.29) is 12.1 Å². The molecule has 2 heterocycles. The van der Waals surface area contributed by atoms with Gasteiger partial charge < -0.3 is 15.4 Å². The van der Waals surface area contributed by atoms with Gasteiger partial charge in [-0.2, -0.15) is 0 Å². The first kappa shape index (κ1) is 14.2. The van der Waals surface area contributed by atoms with Gasteiger partial charge in [-0.05, 0) is 26.0 Å². The lowest BCUT2D eigenvalue weighted by molar-refractivity contribution is 0.0341. The van der Waals surface area contributed by atoms with Crippen LogP contribution in [0.5, 0.6) is 0 Å². The van der Waals surface area contributed by atoms with Crippen LogP contribution >= 0.6 is 12.2 Å². The highest BCUT2D eigenvalue weighted by Crippen LogP contribution is 2.26. The zero-order valence-electron chi connectivity index (χ0n) is 12.2. The van der Waals surface area contributed by atoms with Gasteiger partial charge in [-0.1, -0.05) is 30.4 Å². The van der Waals surface area contributed by atoms with Crippen molar-refractivity contribution in [2.45, 2.75) is 26.0 Å². The first-order chi connectivity index (χ1) is 10.1. The lowest BCUT2D eigenvalue weighted by atomic mass is 10.1. The molecule has 1 aromatic carbocycles. The van der Waals surface area contributed by atoms with Crippen molar-refractivity contribution in [3.63, 3.8) is 0 Å². The summed E-state index contributed by atoms with van der Waals surface area (Å²) < 4.78 is 5.69. The summed E-state index contributed by atoms with van der Waals surface area (Å²) in [5, 5.41) is 1.00. The summed E-state index contributed by atoms with van der Waals surface area (Å²) in [5.41, 5.74) is 7.71. The van der Waals surface area contributed by atoms with Crippen molar-refractivity contribution in [2.24, 2.45) is 5.73 Å². The van der Waals surface area contributed by atoms with Crippen LogP contribution in [0.2, 0.25) is 0 Å². The Labute approximate surface area is 129 Å². The van der Waals surface area contributed by atoms with Gasteiger partial charge >= 0.3 is 0 Å². The van der Waals surface area contributed by atoms with Crippen LogP contribution in [0.1, 0.15) is 19.4 Å². The Hall–Kier alpha value is -1.72. The number of hydrogen-bond acceptors (Lipinski definition) is 4. The Morgan fingerprint density at radius 1 is 1.38 bits per heavy atom. The molecule has 5 heteroatoms. The zero-order valence-corrected chi connectivity index (χ0v) is 13.1. The first-order valence-corrected chi connectivity index (χ1v) is 7.55. The number of nitrogens with two attached hydrogens (primary N) is 1. The molecule has 0 spiro atoms. The second-order valence-corrected chi connectivity index (χ2v) is 5.99. The van der Waals surface area contributed by atoms with Gasteiger partial charge in [0.05, 0.1) is 24.3 Å². The number of aromatic nitrogens is 1. The standard InChI is InChI=1S/C16H19N3OS/c1-10-9-20-11(2)8-19(10)15-7-13(16(17)21)12-5-3-4-6-14(12)18-15/h3-7,10-11H,8-9H2,1-2H3,(H2,17,21). The minimum Gasteiger partial charge on any atom is -0.389 e. The van der Waals surface area contributed by atoms with Crippen molar-refractivity contribution >= 4 is 33.9 Å². The Morgan fingerprint density at radius 3 is 2.90 bits per heavy atom. The topological polar surface area (TPSA) is 51.4 Å². The van der Waals surface area contributed by atoms with E-state index in [4.69, 9.17) is 27.7 Å². The Bertz CT molecular complexity index is 688. The molecule has 2 atom stereocenters. The number of benzene rings is 1. The molecule has 1 saturated heterocycles. The smallest absolute Gasteiger partial charge is 0.130 e. The molecule has 1 aliphatic rings. The summed E-state index contributed by atoms with van der Waals surface area (Å²) in [7, 11) is 0. The second kappa shape index (κ2) is 5.58. The number of morpholine rings is 1. The number of pyridine rings is 1. The molecule has 1 fully saturated rings. The zero-order chi connectivity index (χ0) is 15.0. The van der Waals surface area contributed by atoms with Gasteiger partial charge in [0.1, 0.15) is 10.8 Å². The van der Waals surface area contributed by atoms with Crippen molar-refractivity contribution in [1.82, 2.24) is 4.98 Å². The molecule has 0 aliphatic carbocycles. The summed E-state index contributed by atoms with van der Waals surface area (Å²) in [5.74, 6) is 0.916. The van der Waals surface area contributed by atoms with Crippen LogP contribution in [0.25, 0.3) is 10.9 Å². The fourth-order valence-corrected chi connectivity index (χ4v) is 2.90. The van der Waals surface area contributed by atoms with Crippen molar-refractivity contribution in [3.8, 4) is 0 Å². The average Bonchev–Trinajstić information content (AvgIpc) is 2.48. The Morgan fingerprint density at radius 2 is 2.14 bits per heavy atom. The van der Waals surface area contributed by atoms with E-state index >= 15 is 0 Å². The molecule has 4 nitrogen and oxygen atoms in total. The highest BCUT2D eigenvalue weighted by atomic mass is 32.1. The summed E-state index contributed by atoms with van der Waals surface area (Å²) in [6.07, 6.45) is 0.197. The second-order valence-electron chi connectivity index (χ2n) is 5.55. The third-order valence-electron chi connectivity index (χ3n) is 3.87. The summed E-state index contributed by atoms with van der Waals surface area (Å²) in [6.45, 7) is 5.75. The van der Waals surface area contributed by atoms with E-state index in [9.17, 15) is 0 Å². The monoisotopic (exact) mass is 301 g/mol. The van der Waals surface area contributed by atoms with Crippen LogP contribution in [-0.4, -0.2) is 35.3 Å². The number of rotatable bonds is 2. The normalized spacial score (nSPS) is 22.5. The number of para-hydroxylation sites is 1. The number of ether oxygens (including phenoxy) is 1. The number of fused-ring (bicyclic) bond motifs is 1. The summed E-state index contributed by atoms with van der Waals surface area (Å²) >= 11 is 5.21. The lowest BCUT2D eigenvalue weighted by Gasteiger charge is -2.38. The van der Waals surface area contributed by atoms with E-state index in [1.165, 1.54) is 0 Å². The number of anilines is 1. The Kier molecular flexibility index (Phi) is 3.78. The molecular formula is C16H19N3OS. The van der Waals surface area contributed by atoms with E-state index in [1.807, 2.05) is 30.3 Å². The molecule has 1 aromatic heterocycles. The molecule has 0 amide bonds. The third-order valence-corrected chi connectivity index (χ3v) is 4.09. The fourth-order valence-electron chi connectivity index (χ4n) is 2.73. The number of hydrogen-bond donors (Lipinski definition) is 1. The van der Waals surface area contributed by atoms with E-state index in [2.05, 4.69) is 18.7 Å². The van der Waals surface area contributed by atoms with Crippen LogP contribution in [0.15, 0.2) is 30.3 Å². The van der Waals surface area contributed by atoms with Crippen LogP contribution < -0.4 is 10.6 Å². The van der Waals surface area contributed by atoms with E-state index in [0.29, 0.717) is 11.6 Å². The lowest BCUT2D eigenvalue weighted by Crippen LogP contribution is -2.47. The van der Waals surface area contributed by atoms with E-state index in [1.54, 1.807) is 0 Å². The minimum atomic E-state index is 0.197. The molecule has 2 unspecified atom stereocenters. The molecule has 0 radical (unpaired) electrons. The Balaban J connectivity index is 2.12. The summed E-state index contributed by atoms with van der Waals surface area (Å²) in [6, 6.07) is 10.2. The van der Waals surface area contributed by atoms with Crippen molar-refractivity contribution in [1.29, 1.82) is 0 Å². The third kappa shape index (κ3) is 2.71. The van der Waals surface area contributed by atoms with Gasteiger partial charge in [0.2, 0.25) is 0 Å². The molecule has 0 bridgehead atoms. The van der Waals surface area contributed by atoms with Crippen LogP contribution in [-0.2, 0) is 4.74 Å². The van der Waals surface area contributed by atoms with E-state index < -0.39 is 0 Å². The molecule has 3 rings (SSSR count). The fraction of sp³-hybridized carbons (Fsp3) is 0.375. The van der Waals surface area contributed by atoms with Gasteiger partial charge in [-0.3, -0.25) is 0 Å². The van der Waals surface area contributed by atoms with Gasteiger partial charge in [-0.25, -0.2) is 4.98 Å². The average molecular weight is 301 g/mol. The SMILES string of the molecule is CC1CN(c2cc(C(N)=S)c3ccccc3n2)C(C)CO1. The first-order valence-electron chi connectivity index (χ1n) is 7.14. The maximum Gasteiger partial charge on any atom is 0.130 e. The van der Waals surface area contributed by atoms with Gasteiger partial charge in [0.15, 0.2) is 0 Å². The molecule has 1 aliphatic heterocycles. The molecule has 21 heavy (non-hydrogen) atoms. The van der Waals surface area contributed by atoms with Crippen LogP contribution in [0.3, 0.4) is 0 Å². The van der Waals surface area contributed by atoms with Gasteiger partial charge in [-0.15, -0.1) is 0 Å². The van der Waals surface area contributed by atoms with Crippen LogP contribution in [0.4, 0.5) is 5.82 Å².